The molecule has 3 nitrogen and oxygen atoms in total. The van der Waals surface area contributed by atoms with Crippen molar-refractivity contribution in [2.75, 3.05) is 19.7 Å². The van der Waals surface area contributed by atoms with Crippen LogP contribution in [0.15, 0.2) is 0 Å². The molecule has 0 spiro atoms. The van der Waals surface area contributed by atoms with Gasteiger partial charge in [0.1, 0.15) is 0 Å². The van der Waals surface area contributed by atoms with Gasteiger partial charge in [0.05, 0.1) is 6.61 Å². The molecule has 3 heteroatoms. The molecule has 2 saturated carbocycles. The van der Waals surface area contributed by atoms with Gasteiger partial charge in [-0.3, -0.25) is 0 Å². The third-order valence-corrected chi connectivity index (χ3v) is 3.65. The molecule has 0 amide bonds. The van der Waals surface area contributed by atoms with E-state index in [0.717, 1.165) is 12.5 Å². The van der Waals surface area contributed by atoms with Crippen molar-refractivity contribution in [2.45, 2.75) is 50.6 Å². The highest BCUT2D eigenvalue weighted by Gasteiger charge is 2.27. The Hall–Kier alpha value is -0.120. The van der Waals surface area contributed by atoms with Crippen LogP contribution in [0.3, 0.4) is 0 Å². The van der Waals surface area contributed by atoms with Crippen molar-refractivity contribution in [3.8, 4) is 0 Å². The van der Waals surface area contributed by atoms with E-state index >= 15 is 0 Å². The molecular formula is C12H24N2O. The normalized spacial score (nSPS) is 31.8. The van der Waals surface area contributed by atoms with Crippen LogP contribution in [0.5, 0.6) is 0 Å². The first kappa shape index (κ1) is 11.4. The fourth-order valence-electron chi connectivity index (χ4n) is 2.51. The van der Waals surface area contributed by atoms with E-state index < -0.39 is 0 Å². The van der Waals surface area contributed by atoms with Gasteiger partial charge in [0.25, 0.3) is 0 Å². The van der Waals surface area contributed by atoms with Crippen molar-refractivity contribution in [3.63, 3.8) is 0 Å². The van der Waals surface area contributed by atoms with E-state index in [1.54, 1.807) is 0 Å². The van der Waals surface area contributed by atoms with Gasteiger partial charge < -0.3 is 15.7 Å². The summed E-state index contributed by atoms with van der Waals surface area (Å²) < 4.78 is 0. The van der Waals surface area contributed by atoms with Crippen LogP contribution in [0.25, 0.3) is 0 Å². The second-order valence-corrected chi connectivity index (χ2v) is 5.03. The van der Waals surface area contributed by atoms with Crippen LogP contribution < -0.4 is 10.6 Å². The molecular weight excluding hydrogens is 188 g/mol. The maximum absolute atomic E-state index is 8.83. The monoisotopic (exact) mass is 212 g/mol. The van der Waals surface area contributed by atoms with E-state index in [2.05, 4.69) is 10.6 Å². The van der Waals surface area contributed by atoms with Crippen LogP contribution in [0.4, 0.5) is 0 Å². The van der Waals surface area contributed by atoms with E-state index in [4.69, 9.17) is 5.11 Å². The zero-order valence-electron chi connectivity index (χ0n) is 9.54. The molecule has 2 atom stereocenters. The molecule has 0 radical (unpaired) electrons. The van der Waals surface area contributed by atoms with Crippen molar-refractivity contribution >= 4 is 0 Å². The van der Waals surface area contributed by atoms with Crippen LogP contribution in [-0.2, 0) is 0 Å². The Morgan fingerprint density at radius 2 is 1.60 bits per heavy atom. The Kier molecular flexibility index (Phi) is 4.42. The SMILES string of the molecule is OCCNC1CCCCC1NCC1CC1. The molecule has 0 aromatic heterocycles. The van der Waals surface area contributed by atoms with Gasteiger partial charge in [-0.25, -0.2) is 0 Å². The average molecular weight is 212 g/mol. The van der Waals surface area contributed by atoms with Gasteiger partial charge in [0.2, 0.25) is 0 Å². The molecule has 2 aliphatic carbocycles. The number of hydrogen-bond donors (Lipinski definition) is 3. The minimum atomic E-state index is 0.256. The molecule has 88 valence electrons. The Morgan fingerprint density at radius 3 is 2.20 bits per heavy atom. The first-order valence-electron chi connectivity index (χ1n) is 6.48. The fourth-order valence-corrected chi connectivity index (χ4v) is 2.51. The molecule has 0 heterocycles. The predicted molar refractivity (Wildman–Crippen MR) is 61.9 cm³/mol. The van der Waals surface area contributed by atoms with E-state index in [-0.39, 0.29) is 6.61 Å². The van der Waals surface area contributed by atoms with E-state index in [9.17, 15) is 0 Å². The summed E-state index contributed by atoms with van der Waals surface area (Å²) in [5, 5.41) is 16.0. The summed E-state index contributed by atoms with van der Waals surface area (Å²) >= 11 is 0. The number of rotatable bonds is 6. The highest BCUT2D eigenvalue weighted by molar-refractivity contribution is 4.88. The van der Waals surface area contributed by atoms with Crippen LogP contribution in [-0.4, -0.2) is 36.9 Å². The molecule has 3 N–H and O–H groups in total. The lowest BCUT2D eigenvalue weighted by atomic mass is 9.90. The topological polar surface area (TPSA) is 44.3 Å². The number of nitrogens with one attached hydrogen (secondary N) is 2. The highest BCUT2D eigenvalue weighted by atomic mass is 16.3. The van der Waals surface area contributed by atoms with Gasteiger partial charge in [-0.15, -0.1) is 0 Å². The summed E-state index contributed by atoms with van der Waals surface area (Å²) in [5.74, 6) is 0.963. The molecule has 0 aliphatic heterocycles. The predicted octanol–water partition coefficient (Wildman–Crippen LogP) is 0.879. The van der Waals surface area contributed by atoms with Gasteiger partial charge in [0, 0.05) is 18.6 Å². The molecule has 2 rings (SSSR count). The molecule has 2 unspecified atom stereocenters. The molecule has 0 saturated heterocycles. The molecule has 2 aliphatic rings. The lowest BCUT2D eigenvalue weighted by Gasteiger charge is -2.33. The largest absolute Gasteiger partial charge is 0.395 e. The minimum absolute atomic E-state index is 0.256. The second-order valence-electron chi connectivity index (χ2n) is 5.03. The van der Waals surface area contributed by atoms with E-state index in [1.807, 2.05) is 0 Å². The summed E-state index contributed by atoms with van der Waals surface area (Å²) in [6.07, 6.45) is 8.12. The Labute approximate surface area is 92.6 Å². The van der Waals surface area contributed by atoms with Crippen molar-refractivity contribution < 1.29 is 5.11 Å². The van der Waals surface area contributed by atoms with Crippen LogP contribution in [0.1, 0.15) is 38.5 Å². The molecule has 0 aromatic carbocycles. The van der Waals surface area contributed by atoms with Crippen LogP contribution in [0.2, 0.25) is 0 Å². The maximum Gasteiger partial charge on any atom is 0.0556 e. The lowest BCUT2D eigenvalue weighted by molar-refractivity contribution is 0.244. The first-order valence-corrected chi connectivity index (χ1v) is 6.48. The summed E-state index contributed by atoms with van der Waals surface area (Å²) in [6.45, 7) is 2.21. The van der Waals surface area contributed by atoms with Gasteiger partial charge in [-0.05, 0) is 38.1 Å². The molecule has 2 fully saturated rings. The van der Waals surface area contributed by atoms with Crippen LogP contribution in [0, 0.1) is 5.92 Å². The molecule has 0 aromatic rings. The molecule has 0 bridgehead atoms. The van der Waals surface area contributed by atoms with Crippen molar-refractivity contribution in [2.24, 2.45) is 5.92 Å². The third-order valence-electron chi connectivity index (χ3n) is 3.65. The van der Waals surface area contributed by atoms with Crippen molar-refractivity contribution in [1.82, 2.24) is 10.6 Å². The second kappa shape index (κ2) is 5.83. The van der Waals surface area contributed by atoms with Crippen molar-refractivity contribution in [3.05, 3.63) is 0 Å². The van der Waals surface area contributed by atoms with E-state index in [0.29, 0.717) is 12.1 Å². The van der Waals surface area contributed by atoms with Gasteiger partial charge >= 0.3 is 0 Å². The number of aliphatic hydroxyl groups is 1. The number of aliphatic hydroxyl groups excluding tert-OH is 1. The summed E-state index contributed by atoms with van der Waals surface area (Å²) in [5.41, 5.74) is 0. The highest BCUT2D eigenvalue weighted by Crippen LogP contribution is 2.28. The van der Waals surface area contributed by atoms with Gasteiger partial charge in [0.15, 0.2) is 0 Å². The zero-order chi connectivity index (χ0) is 10.5. The maximum atomic E-state index is 8.83. The third kappa shape index (κ3) is 3.74. The zero-order valence-corrected chi connectivity index (χ0v) is 9.54. The summed E-state index contributed by atoms with van der Waals surface area (Å²) in [7, 11) is 0. The first-order chi connectivity index (χ1) is 7.40. The Morgan fingerprint density at radius 1 is 0.933 bits per heavy atom. The quantitative estimate of drug-likeness (QED) is 0.612. The smallest absolute Gasteiger partial charge is 0.0556 e. The Bertz CT molecular complexity index is 182. The minimum Gasteiger partial charge on any atom is -0.395 e. The van der Waals surface area contributed by atoms with Crippen molar-refractivity contribution in [1.29, 1.82) is 0 Å². The van der Waals surface area contributed by atoms with Crippen LogP contribution >= 0.6 is 0 Å². The van der Waals surface area contributed by atoms with Gasteiger partial charge in [-0.2, -0.15) is 0 Å². The fraction of sp³-hybridized carbons (Fsp3) is 1.00. The van der Waals surface area contributed by atoms with Gasteiger partial charge in [-0.1, -0.05) is 12.8 Å². The van der Waals surface area contributed by atoms with E-state index in [1.165, 1.54) is 45.1 Å². The Balaban J connectivity index is 1.70. The number of hydrogen-bond acceptors (Lipinski definition) is 3. The standard InChI is InChI=1S/C12H24N2O/c15-8-7-13-11-3-1-2-4-12(11)14-9-10-5-6-10/h10-15H,1-9H2. The average Bonchev–Trinajstić information content (AvgIpc) is 3.08. The summed E-state index contributed by atoms with van der Waals surface area (Å²) in [4.78, 5) is 0. The summed E-state index contributed by atoms with van der Waals surface area (Å²) in [6, 6.07) is 1.23. The molecule has 15 heavy (non-hydrogen) atoms. The lowest BCUT2D eigenvalue weighted by Crippen LogP contribution is -2.50.